The number of rotatable bonds is 3. The van der Waals surface area contributed by atoms with Gasteiger partial charge in [-0.1, -0.05) is 11.3 Å². The number of fused-ring (bicyclic) bond motifs is 1. The van der Waals surface area contributed by atoms with Gasteiger partial charge in [0.15, 0.2) is 4.60 Å². The third-order valence-corrected chi connectivity index (χ3v) is 4.78. The van der Waals surface area contributed by atoms with Crippen molar-refractivity contribution in [3.8, 4) is 0 Å². The molecule has 0 bridgehead atoms. The second kappa shape index (κ2) is 5.21. The first-order valence-corrected chi connectivity index (χ1v) is 7.41. The van der Waals surface area contributed by atoms with Crippen molar-refractivity contribution in [2.24, 2.45) is 12.9 Å². The Labute approximate surface area is 126 Å². The minimum Gasteiger partial charge on any atom is -0.270 e. The lowest BCUT2D eigenvalue weighted by molar-refractivity contribution is 0.575. The van der Waals surface area contributed by atoms with Crippen LogP contribution in [0.25, 0.3) is 10.1 Å². The maximum Gasteiger partial charge on any atom is 0.153 e. The average molecular weight is 356 g/mol. The summed E-state index contributed by atoms with van der Waals surface area (Å²) >= 11 is 4.85. The summed E-state index contributed by atoms with van der Waals surface area (Å²) in [5.41, 5.74) is 3.58. The van der Waals surface area contributed by atoms with Crippen LogP contribution in [0.15, 0.2) is 28.9 Å². The molecule has 3 N–H and O–H groups in total. The van der Waals surface area contributed by atoms with Crippen LogP contribution >= 0.6 is 27.3 Å². The molecular weight excluding hydrogens is 345 g/mol. The van der Waals surface area contributed by atoms with Crippen LogP contribution in [0.5, 0.6) is 0 Å². The molecule has 0 aliphatic carbocycles. The normalized spacial score (nSPS) is 13.0. The van der Waals surface area contributed by atoms with E-state index in [1.165, 1.54) is 23.5 Å². The summed E-state index contributed by atoms with van der Waals surface area (Å²) in [7, 11) is 1.80. The molecule has 3 rings (SSSR count). The highest BCUT2D eigenvalue weighted by Gasteiger charge is 2.22. The predicted octanol–water partition coefficient (Wildman–Crippen LogP) is 2.48. The van der Waals surface area contributed by atoms with Gasteiger partial charge < -0.3 is 0 Å². The summed E-state index contributed by atoms with van der Waals surface area (Å²) in [5, 5.41) is 8.89. The zero-order chi connectivity index (χ0) is 14.3. The first kappa shape index (κ1) is 13.6. The van der Waals surface area contributed by atoms with Crippen molar-refractivity contribution in [3.63, 3.8) is 0 Å². The number of aromatic nitrogens is 3. The Morgan fingerprint density at radius 3 is 2.90 bits per heavy atom. The van der Waals surface area contributed by atoms with E-state index in [2.05, 4.69) is 31.7 Å². The molecule has 8 heteroatoms. The largest absolute Gasteiger partial charge is 0.270 e. The number of thiophene rings is 1. The quantitative estimate of drug-likeness (QED) is 0.559. The van der Waals surface area contributed by atoms with E-state index < -0.39 is 0 Å². The molecule has 1 atom stereocenters. The summed E-state index contributed by atoms with van der Waals surface area (Å²) in [6.45, 7) is 0. The minimum atomic E-state index is -0.259. The first-order chi connectivity index (χ1) is 9.60. The lowest BCUT2D eigenvalue weighted by Gasteiger charge is -2.14. The summed E-state index contributed by atoms with van der Waals surface area (Å²) in [6.07, 6.45) is 0. The third kappa shape index (κ3) is 2.24. The molecule has 0 radical (unpaired) electrons. The van der Waals surface area contributed by atoms with Gasteiger partial charge >= 0.3 is 0 Å². The molecule has 20 heavy (non-hydrogen) atoms. The number of nitrogens with zero attached hydrogens (tertiary/aromatic N) is 3. The van der Waals surface area contributed by atoms with Gasteiger partial charge in [0.05, 0.1) is 11.7 Å². The van der Waals surface area contributed by atoms with Gasteiger partial charge in [0.1, 0.15) is 5.82 Å². The first-order valence-electron chi connectivity index (χ1n) is 5.80. The second-order valence-electron chi connectivity index (χ2n) is 4.32. The van der Waals surface area contributed by atoms with Crippen LogP contribution in [0.2, 0.25) is 0 Å². The Hall–Kier alpha value is -1.35. The summed E-state index contributed by atoms with van der Waals surface area (Å²) in [6, 6.07) is 6.46. The van der Waals surface area contributed by atoms with Crippen molar-refractivity contribution in [1.29, 1.82) is 0 Å². The van der Waals surface area contributed by atoms with E-state index in [1.807, 2.05) is 6.07 Å². The third-order valence-electron chi connectivity index (χ3n) is 3.05. The number of nitrogens with one attached hydrogen (secondary N) is 1. The summed E-state index contributed by atoms with van der Waals surface area (Å²) in [4.78, 5) is 0.971. The standard InChI is InChI=1S/C12H11BrFN5S/c1-19-11(12(13)17-18-19)10(16-15)9-4-6-2-3-7(14)5-8(6)20-9/h2-5,10,16H,15H2,1H3. The molecule has 3 aromatic rings. The van der Waals surface area contributed by atoms with E-state index in [0.29, 0.717) is 4.60 Å². The van der Waals surface area contributed by atoms with Crippen LogP contribution in [0.3, 0.4) is 0 Å². The maximum atomic E-state index is 13.3. The monoisotopic (exact) mass is 355 g/mol. The van der Waals surface area contributed by atoms with Gasteiger partial charge in [-0.05, 0) is 39.5 Å². The molecule has 2 heterocycles. The van der Waals surface area contributed by atoms with Gasteiger partial charge in [-0.2, -0.15) is 0 Å². The Balaban J connectivity index is 2.12. The molecule has 1 unspecified atom stereocenters. The highest BCUT2D eigenvalue weighted by atomic mass is 79.9. The van der Waals surface area contributed by atoms with Crippen LogP contribution in [0.4, 0.5) is 4.39 Å². The van der Waals surface area contributed by atoms with Gasteiger partial charge in [0.2, 0.25) is 0 Å². The van der Waals surface area contributed by atoms with Gasteiger partial charge in [0, 0.05) is 16.6 Å². The van der Waals surface area contributed by atoms with Crippen LogP contribution < -0.4 is 11.3 Å². The molecule has 0 fully saturated rings. The molecule has 2 aromatic heterocycles. The van der Waals surface area contributed by atoms with Gasteiger partial charge in [0.25, 0.3) is 0 Å². The Bertz CT molecular complexity index is 749. The highest BCUT2D eigenvalue weighted by Crippen LogP contribution is 2.34. The molecule has 0 amide bonds. The number of benzene rings is 1. The van der Waals surface area contributed by atoms with Crippen LogP contribution in [-0.4, -0.2) is 15.0 Å². The summed E-state index contributed by atoms with van der Waals surface area (Å²) < 4.78 is 16.4. The van der Waals surface area contributed by atoms with Crippen molar-refractivity contribution in [2.45, 2.75) is 6.04 Å². The molecular formula is C12H11BrFN5S. The van der Waals surface area contributed by atoms with Crippen LogP contribution in [0, 0.1) is 5.82 Å². The van der Waals surface area contributed by atoms with Crippen molar-refractivity contribution in [2.75, 3.05) is 0 Å². The zero-order valence-electron chi connectivity index (χ0n) is 10.5. The van der Waals surface area contributed by atoms with Gasteiger partial charge in [-0.3, -0.25) is 5.84 Å². The van der Waals surface area contributed by atoms with Crippen LogP contribution in [0.1, 0.15) is 16.6 Å². The van der Waals surface area contributed by atoms with E-state index in [9.17, 15) is 4.39 Å². The number of aryl methyl sites for hydroxylation is 1. The lowest BCUT2D eigenvalue weighted by atomic mass is 10.1. The second-order valence-corrected chi connectivity index (χ2v) is 6.19. The number of hydrogen-bond acceptors (Lipinski definition) is 5. The molecule has 1 aromatic carbocycles. The topological polar surface area (TPSA) is 68.8 Å². The van der Waals surface area contributed by atoms with Gasteiger partial charge in [-0.15, -0.1) is 16.4 Å². The molecule has 0 saturated heterocycles. The predicted molar refractivity (Wildman–Crippen MR) is 79.7 cm³/mol. The summed E-state index contributed by atoms with van der Waals surface area (Å²) in [5.74, 6) is 5.43. The lowest BCUT2D eigenvalue weighted by Crippen LogP contribution is -2.30. The van der Waals surface area contributed by atoms with Crippen molar-refractivity contribution >= 4 is 37.4 Å². The molecule has 0 aliphatic heterocycles. The number of hydrazine groups is 1. The van der Waals surface area contributed by atoms with Gasteiger partial charge in [-0.25, -0.2) is 14.5 Å². The fourth-order valence-corrected chi connectivity index (χ4v) is 3.82. The Morgan fingerprint density at radius 1 is 1.45 bits per heavy atom. The van der Waals surface area contributed by atoms with E-state index in [1.54, 1.807) is 17.8 Å². The minimum absolute atomic E-state index is 0.244. The number of nitrogens with two attached hydrogens (primary N) is 1. The number of hydrogen-bond donors (Lipinski definition) is 2. The average Bonchev–Trinajstić information content (AvgIpc) is 2.97. The zero-order valence-corrected chi connectivity index (χ0v) is 12.9. The van der Waals surface area contributed by atoms with E-state index in [0.717, 1.165) is 20.7 Å². The Morgan fingerprint density at radius 2 is 2.25 bits per heavy atom. The fraction of sp³-hybridized carbons (Fsp3) is 0.167. The molecule has 0 aliphatic rings. The molecule has 104 valence electrons. The molecule has 0 spiro atoms. The Kier molecular flexibility index (Phi) is 3.55. The fourth-order valence-electron chi connectivity index (χ4n) is 2.11. The smallest absolute Gasteiger partial charge is 0.153 e. The van der Waals surface area contributed by atoms with Crippen molar-refractivity contribution in [3.05, 3.63) is 45.3 Å². The van der Waals surface area contributed by atoms with E-state index >= 15 is 0 Å². The van der Waals surface area contributed by atoms with Crippen molar-refractivity contribution < 1.29 is 4.39 Å². The van der Waals surface area contributed by atoms with Crippen LogP contribution in [-0.2, 0) is 7.05 Å². The number of halogens is 2. The van der Waals surface area contributed by atoms with E-state index in [-0.39, 0.29) is 11.9 Å². The molecule has 0 saturated carbocycles. The van der Waals surface area contributed by atoms with Crippen molar-refractivity contribution in [1.82, 2.24) is 20.4 Å². The maximum absolute atomic E-state index is 13.3. The van der Waals surface area contributed by atoms with E-state index in [4.69, 9.17) is 5.84 Å². The highest BCUT2D eigenvalue weighted by molar-refractivity contribution is 9.10. The molecule has 5 nitrogen and oxygen atoms in total. The SMILES string of the molecule is Cn1nnc(Br)c1C(NN)c1cc2ccc(F)cc2s1.